The minimum atomic E-state index is -3.13. The van der Waals surface area contributed by atoms with Gasteiger partial charge in [-0.3, -0.25) is 0 Å². The molecule has 0 unspecified atom stereocenters. The standard InChI is InChI=1S/C11H20N2O2S2.ClH/c1-2-6-12-7-8-13-17(14,15)10-5-11-4-3-9-16-11;/h3-4,9,12-13H,2,5-8,10H2,1H3;1H. The second-order valence-corrected chi connectivity index (χ2v) is 6.75. The van der Waals surface area contributed by atoms with Gasteiger partial charge in [0.2, 0.25) is 10.0 Å². The average molecular weight is 313 g/mol. The first-order valence-corrected chi connectivity index (χ1v) is 8.37. The summed E-state index contributed by atoms with van der Waals surface area (Å²) in [7, 11) is -3.13. The van der Waals surface area contributed by atoms with E-state index in [1.807, 2.05) is 17.5 Å². The van der Waals surface area contributed by atoms with Crippen LogP contribution in [-0.2, 0) is 16.4 Å². The van der Waals surface area contributed by atoms with Gasteiger partial charge >= 0.3 is 0 Å². The molecule has 0 aliphatic carbocycles. The minimum absolute atomic E-state index is 0. The Bertz CT molecular complexity index is 393. The highest BCUT2D eigenvalue weighted by Gasteiger charge is 2.09. The maximum atomic E-state index is 11.6. The van der Waals surface area contributed by atoms with Gasteiger partial charge in [0.25, 0.3) is 0 Å². The third-order valence-corrected chi connectivity index (χ3v) is 4.57. The van der Waals surface area contributed by atoms with Crippen molar-refractivity contribution in [2.24, 2.45) is 0 Å². The number of rotatable bonds is 9. The molecule has 0 saturated carbocycles. The molecule has 0 radical (unpaired) electrons. The van der Waals surface area contributed by atoms with Crippen molar-refractivity contribution in [3.63, 3.8) is 0 Å². The molecule has 0 fully saturated rings. The van der Waals surface area contributed by atoms with Crippen LogP contribution in [0.4, 0.5) is 0 Å². The summed E-state index contributed by atoms with van der Waals surface area (Å²) in [5, 5.41) is 5.11. The van der Waals surface area contributed by atoms with Crippen LogP contribution in [0.3, 0.4) is 0 Å². The van der Waals surface area contributed by atoms with E-state index in [0.717, 1.165) is 17.8 Å². The summed E-state index contributed by atoms with van der Waals surface area (Å²) in [6.07, 6.45) is 1.65. The summed E-state index contributed by atoms with van der Waals surface area (Å²) in [6, 6.07) is 3.90. The summed E-state index contributed by atoms with van der Waals surface area (Å²) in [5.74, 6) is 0.168. The third-order valence-electron chi connectivity index (χ3n) is 2.25. The molecule has 0 atom stereocenters. The van der Waals surface area contributed by atoms with Gasteiger partial charge in [0, 0.05) is 18.0 Å². The smallest absolute Gasteiger partial charge is 0.211 e. The largest absolute Gasteiger partial charge is 0.315 e. The fourth-order valence-corrected chi connectivity index (χ4v) is 3.24. The number of halogens is 1. The van der Waals surface area contributed by atoms with Crippen LogP contribution in [0.2, 0.25) is 0 Å². The van der Waals surface area contributed by atoms with Crippen molar-refractivity contribution in [3.8, 4) is 0 Å². The summed E-state index contributed by atoms with van der Waals surface area (Å²) < 4.78 is 25.8. The molecule has 4 nitrogen and oxygen atoms in total. The highest BCUT2D eigenvalue weighted by atomic mass is 35.5. The Kier molecular flexibility index (Phi) is 9.67. The normalized spacial score (nSPS) is 11.2. The van der Waals surface area contributed by atoms with Crippen molar-refractivity contribution in [1.82, 2.24) is 10.0 Å². The van der Waals surface area contributed by atoms with Crippen molar-refractivity contribution in [2.75, 3.05) is 25.4 Å². The van der Waals surface area contributed by atoms with Crippen molar-refractivity contribution in [1.29, 1.82) is 0 Å². The zero-order valence-corrected chi connectivity index (χ0v) is 13.0. The average Bonchev–Trinajstić information content (AvgIpc) is 2.79. The number of aryl methyl sites for hydroxylation is 1. The number of sulfonamides is 1. The van der Waals surface area contributed by atoms with Crippen LogP contribution >= 0.6 is 23.7 Å². The van der Waals surface area contributed by atoms with Crippen LogP contribution in [-0.4, -0.2) is 33.8 Å². The number of nitrogens with one attached hydrogen (secondary N) is 2. The van der Waals surface area contributed by atoms with Gasteiger partial charge in [-0.05, 0) is 30.8 Å². The van der Waals surface area contributed by atoms with Gasteiger partial charge in [0.15, 0.2) is 0 Å². The van der Waals surface area contributed by atoms with Crippen molar-refractivity contribution < 1.29 is 8.42 Å². The lowest BCUT2D eigenvalue weighted by Gasteiger charge is -2.06. The van der Waals surface area contributed by atoms with E-state index in [-0.39, 0.29) is 18.2 Å². The molecule has 106 valence electrons. The van der Waals surface area contributed by atoms with Gasteiger partial charge in [-0.15, -0.1) is 23.7 Å². The molecule has 0 bridgehead atoms. The van der Waals surface area contributed by atoms with Crippen LogP contribution < -0.4 is 10.0 Å². The second-order valence-electron chi connectivity index (χ2n) is 3.79. The molecule has 0 aromatic carbocycles. The molecular weight excluding hydrogens is 292 g/mol. The predicted octanol–water partition coefficient (Wildman–Crippen LogP) is 1.63. The van der Waals surface area contributed by atoms with E-state index in [2.05, 4.69) is 17.0 Å². The molecule has 0 aliphatic heterocycles. The van der Waals surface area contributed by atoms with Crippen LogP contribution in [0, 0.1) is 0 Å². The topological polar surface area (TPSA) is 58.2 Å². The summed E-state index contributed by atoms with van der Waals surface area (Å²) in [6.45, 7) is 4.16. The lowest BCUT2D eigenvalue weighted by Crippen LogP contribution is -2.33. The maximum absolute atomic E-state index is 11.6. The van der Waals surface area contributed by atoms with E-state index in [1.54, 1.807) is 11.3 Å². The predicted molar refractivity (Wildman–Crippen MR) is 80.2 cm³/mol. The van der Waals surface area contributed by atoms with E-state index in [4.69, 9.17) is 0 Å². The molecule has 0 spiro atoms. The Morgan fingerprint density at radius 1 is 1.28 bits per heavy atom. The number of thiophene rings is 1. The van der Waals surface area contributed by atoms with Crippen molar-refractivity contribution in [3.05, 3.63) is 22.4 Å². The maximum Gasteiger partial charge on any atom is 0.211 e. The fourth-order valence-electron chi connectivity index (χ4n) is 1.36. The van der Waals surface area contributed by atoms with Gasteiger partial charge < -0.3 is 5.32 Å². The molecule has 7 heteroatoms. The Morgan fingerprint density at radius 3 is 2.67 bits per heavy atom. The van der Waals surface area contributed by atoms with Gasteiger partial charge in [0.05, 0.1) is 5.75 Å². The molecular formula is C11H21ClN2O2S2. The molecule has 1 aromatic heterocycles. The minimum Gasteiger partial charge on any atom is -0.315 e. The molecule has 0 amide bonds. The van der Waals surface area contributed by atoms with E-state index in [9.17, 15) is 8.42 Å². The molecule has 0 saturated heterocycles. The lowest BCUT2D eigenvalue weighted by molar-refractivity contribution is 0.575. The molecule has 18 heavy (non-hydrogen) atoms. The van der Waals surface area contributed by atoms with E-state index >= 15 is 0 Å². The zero-order valence-electron chi connectivity index (χ0n) is 10.5. The summed E-state index contributed by atoms with van der Waals surface area (Å²) in [5.41, 5.74) is 0. The first kappa shape index (κ1) is 17.9. The summed E-state index contributed by atoms with van der Waals surface area (Å²) >= 11 is 1.59. The Hall–Kier alpha value is -0.140. The van der Waals surface area contributed by atoms with Gasteiger partial charge in [0.1, 0.15) is 0 Å². The second kappa shape index (κ2) is 9.75. The molecule has 1 heterocycles. The van der Waals surface area contributed by atoms with Gasteiger partial charge in [-0.1, -0.05) is 13.0 Å². The first-order chi connectivity index (χ1) is 8.14. The highest BCUT2D eigenvalue weighted by molar-refractivity contribution is 7.89. The molecule has 1 aromatic rings. The van der Waals surface area contributed by atoms with Crippen LogP contribution in [0.15, 0.2) is 17.5 Å². The monoisotopic (exact) mass is 312 g/mol. The highest BCUT2D eigenvalue weighted by Crippen LogP contribution is 2.09. The lowest BCUT2D eigenvalue weighted by atomic mass is 10.4. The number of hydrogen-bond acceptors (Lipinski definition) is 4. The SMILES string of the molecule is CCCNCCNS(=O)(=O)CCc1cccs1.Cl. The van der Waals surface area contributed by atoms with E-state index < -0.39 is 10.0 Å². The third kappa shape index (κ3) is 8.05. The molecule has 0 aliphatic rings. The Morgan fingerprint density at radius 2 is 2.06 bits per heavy atom. The Labute approximate surface area is 120 Å². The van der Waals surface area contributed by atoms with Crippen LogP contribution in [0.1, 0.15) is 18.2 Å². The first-order valence-electron chi connectivity index (χ1n) is 5.84. The van der Waals surface area contributed by atoms with Gasteiger partial charge in [-0.2, -0.15) is 0 Å². The number of hydrogen-bond donors (Lipinski definition) is 2. The quantitative estimate of drug-likeness (QED) is 0.681. The van der Waals surface area contributed by atoms with Crippen LogP contribution in [0.5, 0.6) is 0 Å². The zero-order chi connectivity index (χ0) is 12.6. The fraction of sp³-hybridized carbons (Fsp3) is 0.636. The van der Waals surface area contributed by atoms with E-state index in [1.165, 1.54) is 0 Å². The summed E-state index contributed by atoms with van der Waals surface area (Å²) in [4.78, 5) is 1.11. The van der Waals surface area contributed by atoms with E-state index in [0.29, 0.717) is 19.5 Å². The molecule has 1 rings (SSSR count). The van der Waals surface area contributed by atoms with Crippen molar-refractivity contribution in [2.45, 2.75) is 19.8 Å². The Balaban J connectivity index is 0.00000289. The van der Waals surface area contributed by atoms with Crippen molar-refractivity contribution >= 4 is 33.8 Å². The van der Waals surface area contributed by atoms with Gasteiger partial charge in [-0.25, -0.2) is 13.1 Å². The molecule has 2 N–H and O–H groups in total. The van der Waals surface area contributed by atoms with Crippen LogP contribution in [0.25, 0.3) is 0 Å².